The molecule has 0 unspecified atom stereocenters. The van der Waals surface area contributed by atoms with E-state index in [-0.39, 0.29) is 11.8 Å². The average molecular weight is 318 g/mol. The molecule has 0 N–H and O–H groups in total. The Hall–Kier alpha value is -1.78. The lowest BCUT2D eigenvalue weighted by Gasteiger charge is -2.35. The normalized spacial score (nSPS) is 19.9. The number of piperidine rings is 2. The highest BCUT2D eigenvalue weighted by atomic mass is 16.3. The lowest BCUT2D eigenvalue weighted by molar-refractivity contribution is -0.137. The van der Waals surface area contributed by atoms with E-state index in [9.17, 15) is 9.59 Å². The number of amides is 2. The highest BCUT2D eigenvalue weighted by molar-refractivity contribution is 5.95. The summed E-state index contributed by atoms with van der Waals surface area (Å²) in [4.78, 5) is 29.0. The van der Waals surface area contributed by atoms with Crippen molar-refractivity contribution in [1.82, 2.24) is 9.80 Å². The van der Waals surface area contributed by atoms with Crippen molar-refractivity contribution in [3.8, 4) is 0 Å². The third kappa shape index (κ3) is 3.43. The molecule has 0 bridgehead atoms. The van der Waals surface area contributed by atoms with Gasteiger partial charge in [0.15, 0.2) is 0 Å². The lowest BCUT2D eigenvalue weighted by atomic mass is 9.94. The molecule has 126 valence electrons. The first-order valence-electron chi connectivity index (χ1n) is 8.71. The van der Waals surface area contributed by atoms with Gasteiger partial charge in [-0.15, -0.1) is 0 Å². The third-order valence-electron chi connectivity index (χ3n) is 5.07. The van der Waals surface area contributed by atoms with E-state index in [0.29, 0.717) is 30.3 Å². The van der Waals surface area contributed by atoms with Crippen molar-refractivity contribution in [2.75, 3.05) is 26.2 Å². The molecule has 23 heavy (non-hydrogen) atoms. The molecule has 0 spiro atoms. The van der Waals surface area contributed by atoms with Crippen molar-refractivity contribution in [2.45, 2.75) is 46.0 Å². The number of carbonyl (C=O) groups is 2. The van der Waals surface area contributed by atoms with Crippen LogP contribution in [0.15, 0.2) is 10.5 Å². The predicted molar refractivity (Wildman–Crippen MR) is 87.2 cm³/mol. The van der Waals surface area contributed by atoms with Crippen LogP contribution in [0.3, 0.4) is 0 Å². The van der Waals surface area contributed by atoms with Gasteiger partial charge in [0.2, 0.25) is 5.91 Å². The summed E-state index contributed by atoms with van der Waals surface area (Å²) in [7, 11) is 0. The summed E-state index contributed by atoms with van der Waals surface area (Å²) in [6.07, 6.45) is 5.04. The molecule has 0 aromatic carbocycles. The van der Waals surface area contributed by atoms with Crippen LogP contribution in [0.5, 0.6) is 0 Å². The van der Waals surface area contributed by atoms with Gasteiger partial charge in [-0.1, -0.05) is 0 Å². The van der Waals surface area contributed by atoms with Gasteiger partial charge in [0, 0.05) is 32.1 Å². The number of rotatable bonds is 2. The van der Waals surface area contributed by atoms with Gasteiger partial charge in [-0.3, -0.25) is 9.59 Å². The standard InChI is InChI=1S/C18H26N2O3/c1-13-12-16(14(2)23-13)18(22)20-10-6-15(7-11-20)17(21)19-8-4-3-5-9-19/h12,15H,3-11H2,1-2H3. The van der Waals surface area contributed by atoms with E-state index in [1.54, 1.807) is 0 Å². The molecule has 2 aliphatic rings. The Morgan fingerprint density at radius 3 is 2.22 bits per heavy atom. The van der Waals surface area contributed by atoms with Crippen LogP contribution in [-0.2, 0) is 4.79 Å². The van der Waals surface area contributed by atoms with Crippen molar-refractivity contribution in [3.63, 3.8) is 0 Å². The van der Waals surface area contributed by atoms with E-state index in [4.69, 9.17) is 4.42 Å². The molecular weight excluding hydrogens is 292 g/mol. The summed E-state index contributed by atoms with van der Waals surface area (Å²) in [5, 5.41) is 0. The first kappa shape index (κ1) is 16.1. The summed E-state index contributed by atoms with van der Waals surface area (Å²) in [5.74, 6) is 1.86. The van der Waals surface area contributed by atoms with Gasteiger partial charge in [-0.2, -0.15) is 0 Å². The number of aryl methyl sites for hydroxylation is 2. The number of likely N-dealkylation sites (tertiary alicyclic amines) is 2. The summed E-state index contributed by atoms with van der Waals surface area (Å²) in [5.41, 5.74) is 0.656. The van der Waals surface area contributed by atoms with Gasteiger partial charge in [0.05, 0.1) is 5.56 Å². The molecule has 0 saturated carbocycles. The number of furan rings is 1. The smallest absolute Gasteiger partial charge is 0.257 e. The maximum atomic E-state index is 12.6. The van der Waals surface area contributed by atoms with Crippen LogP contribution in [-0.4, -0.2) is 47.8 Å². The molecule has 2 amide bonds. The van der Waals surface area contributed by atoms with Gasteiger partial charge >= 0.3 is 0 Å². The van der Waals surface area contributed by atoms with Crippen molar-refractivity contribution in [1.29, 1.82) is 0 Å². The van der Waals surface area contributed by atoms with Crippen LogP contribution in [0.1, 0.15) is 54.0 Å². The van der Waals surface area contributed by atoms with E-state index in [2.05, 4.69) is 0 Å². The van der Waals surface area contributed by atoms with Crippen LogP contribution < -0.4 is 0 Å². The number of hydrogen-bond donors (Lipinski definition) is 0. The lowest BCUT2D eigenvalue weighted by Crippen LogP contribution is -2.45. The van der Waals surface area contributed by atoms with Gasteiger partial charge in [-0.25, -0.2) is 0 Å². The first-order chi connectivity index (χ1) is 11.1. The molecule has 2 saturated heterocycles. The van der Waals surface area contributed by atoms with Crippen molar-refractivity contribution < 1.29 is 14.0 Å². The minimum Gasteiger partial charge on any atom is -0.466 e. The molecule has 1 aromatic heterocycles. The quantitative estimate of drug-likeness (QED) is 0.842. The summed E-state index contributed by atoms with van der Waals surface area (Å²) >= 11 is 0. The minimum atomic E-state index is 0.0308. The van der Waals surface area contributed by atoms with Gasteiger partial charge in [0.25, 0.3) is 5.91 Å². The highest BCUT2D eigenvalue weighted by Crippen LogP contribution is 2.24. The molecule has 3 rings (SSSR count). The first-order valence-corrected chi connectivity index (χ1v) is 8.71. The van der Waals surface area contributed by atoms with Crippen molar-refractivity contribution in [2.24, 2.45) is 5.92 Å². The van der Waals surface area contributed by atoms with Gasteiger partial charge in [0.1, 0.15) is 11.5 Å². The molecule has 5 nitrogen and oxygen atoms in total. The zero-order chi connectivity index (χ0) is 16.4. The van der Waals surface area contributed by atoms with Crippen LogP contribution >= 0.6 is 0 Å². The molecule has 0 aliphatic carbocycles. The van der Waals surface area contributed by atoms with Crippen molar-refractivity contribution in [3.05, 3.63) is 23.2 Å². The SMILES string of the molecule is Cc1cc(C(=O)N2CCC(C(=O)N3CCCCC3)CC2)c(C)o1. The largest absolute Gasteiger partial charge is 0.466 e. The Morgan fingerprint density at radius 1 is 1.00 bits per heavy atom. The predicted octanol–water partition coefficient (Wildman–Crippen LogP) is 2.76. The molecule has 0 radical (unpaired) electrons. The average Bonchev–Trinajstić information content (AvgIpc) is 2.93. The second kappa shape index (κ2) is 6.77. The maximum Gasteiger partial charge on any atom is 0.257 e. The molecule has 1 aromatic rings. The number of hydrogen-bond acceptors (Lipinski definition) is 3. The summed E-state index contributed by atoms with van der Waals surface area (Å²) < 4.78 is 5.46. The van der Waals surface area contributed by atoms with Gasteiger partial charge < -0.3 is 14.2 Å². The molecule has 3 heterocycles. The molecular formula is C18H26N2O3. The zero-order valence-electron chi connectivity index (χ0n) is 14.1. The number of carbonyl (C=O) groups excluding carboxylic acids is 2. The third-order valence-corrected chi connectivity index (χ3v) is 5.07. The summed E-state index contributed by atoms with van der Waals surface area (Å²) in [6.45, 7) is 6.82. The molecule has 2 aliphatic heterocycles. The Morgan fingerprint density at radius 2 is 1.65 bits per heavy atom. The van der Waals surface area contributed by atoms with E-state index in [0.717, 1.165) is 44.5 Å². The molecule has 2 fully saturated rings. The fraction of sp³-hybridized carbons (Fsp3) is 0.667. The Balaban J connectivity index is 1.56. The minimum absolute atomic E-state index is 0.0308. The van der Waals surface area contributed by atoms with E-state index >= 15 is 0 Å². The fourth-order valence-corrected chi connectivity index (χ4v) is 3.72. The Bertz CT molecular complexity index is 579. The van der Waals surface area contributed by atoms with Crippen molar-refractivity contribution >= 4 is 11.8 Å². The number of nitrogens with zero attached hydrogens (tertiary/aromatic N) is 2. The summed E-state index contributed by atoms with van der Waals surface area (Å²) in [6, 6.07) is 1.81. The van der Waals surface area contributed by atoms with Gasteiger partial charge in [-0.05, 0) is 52.0 Å². The second-order valence-electron chi connectivity index (χ2n) is 6.78. The fourth-order valence-electron chi connectivity index (χ4n) is 3.72. The second-order valence-corrected chi connectivity index (χ2v) is 6.78. The Kier molecular flexibility index (Phi) is 4.74. The van der Waals surface area contributed by atoms with Crippen LogP contribution in [0.4, 0.5) is 0 Å². The van der Waals surface area contributed by atoms with E-state index < -0.39 is 0 Å². The monoisotopic (exact) mass is 318 g/mol. The Labute approximate surface area is 137 Å². The molecule has 0 atom stereocenters. The van der Waals surface area contributed by atoms with E-state index in [1.807, 2.05) is 29.7 Å². The van der Waals surface area contributed by atoms with E-state index in [1.165, 1.54) is 6.42 Å². The van der Waals surface area contributed by atoms with Crippen LogP contribution in [0.2, 0.25) is 0 Å². The molecule has 5 heteroatoms. The maximum absolute atomic E-state index is 12.6. The van der Waals surface area contributed by atoms with Crippen LogP contribution in [0, 0.1) is 19.8 Å². The van der Waals surface area contributed by atoms with Crippen LogP contribution in [0.25, 0.3) is 0 Å². The topological polar surface area (TPSA) is 53.8 Å². The zero-order valence-corrected chi connectivity index (χ0v) is 14.1. The highest BCUT2D eigenvalue weighted by Gasteiger charge is 2.31.